The average Bonchev–Trinajstić information content (AvgIpc) is 2.84. The fraction of sp³-hybridized carbons (Fsp3) is 0.111. The van der Waals surface area contributed by atoms with Gasteiger partial charge in [0.25, 0.3) is 5.91 Å². The normalized spacial score (nSPS) is 17.8. The molecule has 3 rings (SSSR count). The summed E-state index contributed by atoms with van der Waals surface area (Å²) in [7, 11) is 0. The summed E-state index contributed by atoms with van der Waals surface area (Å²) < 4.78 is 0.589. The summed E-state index contributed by atoms with van der Waals surface area (Å²) in [5, 5.41) is 0.674. The van der Waals surface area contributed by atoms with Crippen molar-refractivity contribution in [3.05, 3.63) is 75.7 Å². The van der Waals surface area contributed by atoms with Crippen LogP contribution < -0.4 is 0 Å². The van der Waals surface area contributed by atoms with E-state index in [-0.39, 0.29) is 11.9 Å². The van der Waals surface area contributed by atoms with Crippen molar-refractivity contribution in [2.45, 2.75) is 13.0 Å². The van der Waals surface area contributed by atoms with Gasteiger partial charge < -0.3 is 0 Å². The first-order valence-electron chi connectivity index (χ1n) is 7.14. The molecule has 1 aliphatic heterocycles. The van der Waals surface area contributed by atoms with Gasteiger partial charge in [0.1, 0.15) is 4.32 Å². The van der Waals surface area contributed by atoms with Crippen LogP contribution in [-0.2, 0) is 4.79 Å². The molecule has 1 heterocycles. The molecule has 0 aliphatic carbocycles. The third-order valence-corrected chi connectivity index (χ3v) is 5.24. The van der Waals surface area contributed by atoms with Crippen LogP contribution in [0.1, 0.15) is 24.1 Å². The molecule has 0 bridgehead atoms. The molecule has 2 aromatic rings. The second-order valence-corrected chi connectivity index (χ2v) is 7.30. The predicted octanol–water partition coefficient (Wildman–Crippen LogP) is 5.30. The van der Waals surface area contributed by atoms with Gasteiger partial charge in [-0.3, -0.25) is 9.69 Å². The summed E-state index contributed by atoms with van der Waals surface area (Å²) in [4.78, 5) is 15.0. The lowest BCUT2D eigenvalue weighted by atomic mass is 10.1. The molecule has 2 aromatic carbocycles. The molecule has 23 heavy (non-hydrogen) atoms. The molecule has 2 nitrogen and oxygen atoms in total. The summed E-state index contributed by atoms with van der Waals surface area (Å²) in [6, 6.07) is 17.2. The van der Waals surface area contributed by atoms with E-state index in [9.17, 15) is 4.79 Å². The lowest BCUT2D eigenvalue weighted by Crippen LogP contribution is -2.30. The Hall–Kier alpha value is -1.62. The highest BCUT2D eigenvalue weighted by Crippen LogP contribution is 2.37. The van der Waals surface area contributed by atoms with Gasteiger partial charge in [0.2, 0.25) is 0 Å². The third kappa shape index (κ3) is 3.50. The molecular weight excluding hydrogens is 346 g/mol. The van der Waals surface area contributed by atoms with Gasteiger partial charge in [-0.05, 0) is 36.3 Å². The van der Waals surface area contributed by atoms with Gasteiger partial charge in [0.15, 0.2) is 0 Å². The van der Waals surface area contributed by atoms with E-state index in [0.29, 0.717) is 14.2 Å². The molecule has 5 heteroatoms. The molecule has 1 amide bonds. The first kappa shape index (κ1) is 16.2. The summed E-state index contributed by atoms with van der Waals surface area (Å²) >= 11 is 12.6. The van der Waals surface area contributed by atoms with Crippen molar-refractivity contribution in [3.8, 4) is 0 Å². The first-order chi connectivity index (χ1) is 11.1. The monoisotopic (exact) mass is 359 g/mol. The maximum absolute atomic E-state index is 12.7. The lowest BCUT2D eigenvalue weighted by Gasteiger charge is -2.23. The van der Waals surface area contributed by atoms with Crippen LogP contribution in [0.2, 0.25) is 5.02 Å². The van der Waals surface area contributed by atoms with E-state index in [1.54, 1.807) is 17.0 Å². The minimum absolute atomic E-state index is 0.0497. The fourth-order valence-electron chi connectivity index (χ4n) is 2.40. The van der Waals surface area contributed by atoms with Crippen LogP contribution in [0.3, 0.4) is 0 Å². The van der Waals surface area contributed by atoms with E-state index in [4.69, 9.17) is 23.8 Å². The van der Waals surface area contributed by atoms with Gasteiger partial charge in [-0.2, -0.15) is 0 Å². The van der Waals surface area contributed by atoms with Gasteiger partial charge >= 0.3 is 0 Å². The molecule has 0 N–H and O–H groups in total. The molecule has 0 saturated carbocycles. The quantitative estimate of drug-likeness (QED) is 0.547. The van der Waals surface area contributed by atoms with Crippen molar-refractivity contribution < 1.29 is 4.79 Å². The summed E-state index contributed by atoms with van der Waals surface area (Å²) in [6.07, 6.45) is 1.85. The third-order valence-electron chi connectivity index (χ3n) is 3.66. The molecule has 1 saturated heterocycles. The predicted molar refractivity (Wildman–Crippen MR) is 101 cm³/mol. The van der Waals surface area contributed by atoms with E-state index < -0.39 is 0 Å². The lowest BCUT2D eigenvalue weighted by molar-refractivity contribution is -0.123. The molecule has 116 valence electrons. The van der Waals surface area contributed by atoms with Crippen molar-refractivity contribution in [1.29, 1.82) is 0 Å². The smallest absolute Gasteiger partial charge is 0.266 e. The van der Waals surface area contributed by atoms with E-state index in [0.717, 1.165) is 11.1 Å². The highest BCUT2D eigenvalue weighted by Gasteiger charge is 2.35. The average molecular weight is 360 g/mol. The molecule has 0 unspecified atom stereocenters. The number of carbonyl (C=O) groups is 1. The molecule has 1 atom stereocenters. The van der Waals surface area contributed by atoms with Gasteiger partial charge in [0.05, 0.1) is 10.9 Å². The van der Waals surface area contributed by atoms with E-state index >= 15 is 0 Å². The van der Waals surface area contributed by atoms with Gasteiger partial charge in [0, 0.05) is 5.02 Å². The Bertz CT molecular complexity index is 771. The zero-order valence-corrected chi connectivity index (χ0v) is 14.8. The maximum Gasteiger partial charge on any atom is 0.266 e. The first-order valence-corrected chi connectivity index (χ1v) is 8.74. The van der Waals surface area contributed by atoms with Crippen LogP contribution in [0, 0.1) is 0 Å². The SMILES string of the molecule is C[C@H](c1ccccc1)N1C(=O)/C(=C/c2ccc(Cl)cc2)SC1=S. The number of amides is 1. The number of thiocarbonyl (C=S) groups is 1. The molecule has 0 aromatic heterocycles. The zero-order chi connectivity index (χ0) is 16.4. The minimum atomic E-state index is -0.0835. The summed E-state index contributed by atoms with van der Waals surface area (Å²) in [5.41, 5.74) is 2.00. The number of benzene rings is 2. The number of rotatable bonds is 3. The summed E-state index contributed by atoms with van der Waals surface area (Å²) in [5.74, 6) is -0.0497. The van der Waals surface area contributed by atoms with Gasteiger partial charge in [-0.1, -0.05) is 78.0 Å². The van der Waals surface area contributed by atoms with Crippen LogP contribution >= 0.6 is 35.6 Å². The molecule has 0 spiro atoms. The Morgan fingerprint density at radius 1 is 1.13 bits per heavy atom. The Balaban J connectivity index is 1.86. The zero-order valence-electron chi connectivity index (χ0n) is 12.4. The van der Waals surface area contributed by atoms with Crippen LogP contribution in [0.25, 0.3) is 6.08 Å². The Morgan fingerprint density at radius 3 is 2.43 bits per heavy atom. The van der Waals surface area contributed by atoms with Gasteiger partial charge in [-0.25, -0.2) is 0 Å². The van der Waals surface area contributed by atoms with Crippen LogP contribution in [0.15, 0.2) is 59.5 Å². The van der Waals surface area contributed by atoms with E-state index in [2.05, 4.69) is 0 Å². The maximum atomic E-state index is 12.7. The van der Waals surface area contributed by atoms with Crippen LogP contribution in [0.5, 0.6) is 0 Å². The minimum Gasteiger partial charge on any atom is -0.286 e. The number of nitrogens with zero attached hydrogens (tertiary/aromatic N) is 1. The standard InChI is InChI=1S/C18H14ClNOS2/c1-12(14-5-3-2-4-6-14)20-17(21)16(23-18(20)22)11-13-7-9-15(19)10-8-13/h2-12H,1H3/b16-11-/t12-/m1/s1. The van der Waals surface area contributed by atoms with Crippen LogP contribution in [0.4, 0.5) is 0 Å². The number of hydrogen-bond donors (Lipinski definition) is 0. The van der Waals surface area contributed by atoms with E-state index in [1.165, 1.54) is 11.8 Å². The van der Waals surface area contributed by atoms with Crippen molar-refractivity contribution in [2.24, 2.45) is 0 Å². The number of hydrogen-bond acceptors (Lipinski definition) is 3. The fourth-order valence-corrected chi connectivity index (χ4v) is 3.95. The second-order valence-electron chi connectivity index (χ2n) is 5.19. The number of thioether (sulfide) groups is 1. The van der Waals surface area contributed by atoms with Crippen molar-refractivity contribution >= 4 is 51.9 Å². The highest BCUT2D eigenvalue weighted by atomic mass is 35.5. The van der Waals surface area contributed by atoms with E-state index in [1.807, 2.05) is 55.5 Å². The molecule has 1 fully saturated rings. The molecular formula is C18H14ClNOS2. The number of halogens is 1. The Kier molecular flexibility index (Phi) is 4.85. The molecule has 1 aliphatic rings. The van der Waals surface area contributed by atoms with Crippen molar-refractivity contribution in [2.75, 3.05) is 0 Å². The Morgan fingerprint density at radius 2 is 1.78 bits per heavy atom. The topological polar surface area (TPSA) is 20.3 Å². The second kappa shape index (κ2) is 6.87. The molecule has 0 radical (unpaired) electrons. The van der Waals surface area contributed by atoms with Crippen molar-refractivity contribution in [1.82, 2.24) is 4.90 Å². The van der Waals surface area contributed by atoms with Crippen LogP contribution in [-0.4, -0.2) is 15.1 Å². The summed E-state index contributed by atoms with van der Waals surface area (Å²) in [6.45, 7) is 1.99. The highest BCUT2D eigenvalue weighted by molar-refractivity contribution is 8.26. The van der Waals surface area contributed by atoms with Gasteiger partial charge in [-0.15, -0.1) is 0 Å². The largest absolute Gasteiger partial charge is 0.286 e. The van der Waals surface area contributed by atoms with Crippen molar-refractivity contribution in [3.63, 3.8) is 0 Å². The Labute approximate surface area is 150 Å². The number of carbonyl (C=O) groups excluding carboxylic acids is 1.